The van der Waals surface area contributed by atoms with Crippen LogP contribution in [-0.4, -0.2) is 21.5 Å². The average molecular weight is 260 g/mol. The van der Waals surface area contributed by atoms with Gasteiger partial charge in [0.15, 0.2) is 0 Å². The summed E-state index contributed by atoms with van der Waals surface area (Å²) in [4.78, 5) is 8.57. The molecule has 5 heteroatoms. The van der Waals surface area contributed by atoms with Gasteiger partial charge in [0, 0.05) is 18.0 Å². The highest BCUT2D eigenvalue weighted by Gasteiger charge is 2.05. The van der Waals surface area contributed by atoms with E-state index >= 15 is 0 Å². The molecule has 0 N–H and O–H groups in total. The molecule has 0 radical (unpaired) electrons. The molecular weight excluding hydrogens is 250 g/mol. The first-order valence-electron chi connectivity index (χ1n) is 5.42. The molecule has 1 aromatic carbocycles. The Hall–Kier alpha value is -2.07. The van der Waals surface area contributed by atoms with E-state index in [1.54, 1.807) is 13.2 Å². The third-order valence-corrected chi connectivity index (χ3v) is 2.89. The summed E-state index contributed by atoms with van der Waals surface area (Å²) in [6.07, 6.45) is 3.76. The molecule has 3 rings (SSSR count). The molecule has 4 nitrogen and oxygen atoms in total. The fourth-order valence-electron chi connectivity index (χ4n) is 1.75. The molecule has 2 aromatic heterocycles. The zero-order valence-electron chi connectivity index (χ0n) is 9.67. The summed E-state index contributed by atoms with van der Waals surface area (Å²) in [6.45, 7) is 0. The van der Waals surface area contributed by atoms with Crippen LogP contribution in [0.25, 0.3) is 17.0 Å². The van der Waals surface area contributed by atoms with Crippen LogP contribution in [0.2, 0.25) is 5.15 Å². The van der Waals surface area contributed by atoms with Crippen LogP contribution in [0.5, 0.6) is 5.75 Å². The predicted octanol–water partition coefficient (Wildman–Crippen LogP) is 3.06. The monoisotopic (exact) mass is 259 g/mol. The second-order valence-electron chi connectivity index (χ2n) is 3.81. The minimum atomic E-state index is 0.439. The lowest BCUT2D eigenvalue weighted by Crippen LogP contribution is -1.85. The van der Waals surface area contributed by atoms with Crippen LogP contribution in [0.15, 0.2) is 42.7 Å². The average Bonchev–Trinajstić information content (AvgIpc) is 2.81. The van der Waals surface area contributed by atoms with Crippen LogP contribution >= 0.6 is 11.6 Å². The topological polar surface area (TPSA) is 39.4 Å². The zero-order chi connectivity index (χ0) is 12.5. The van der Waals surface area contributed by atoms with Crippen molar-refractivity contribution >= 4 is 17.4 Å². The number of halogens is 1. The number of fused-ring (bicyclic) bond motifs is 1. The van der Waals surface area contributed by atoms with Crippen molar-refractivity contribution < 1.29 is 4.74 Å². The number of hydrogen-bond donors (Lipinski definition) is 0. The van der Waals surface area contributed by atoms with Crippen LogP contribution in [-0.2, 0) is 0 Å². The molecule has 3 aromatic rings. The molecule has 0 aliphatic heterocycles. The Morgan fingerprint density at radius 1 is 1.11 bits per heavy atom. The summed E-state index contributed by atoms with van der Waals surface area (Å²) in [5.74, 6) is 1.41. The van der Waals surface area contributed by atoms with Gasteiger partial charge in [0.25, 0.3) is 0 Å². The van der Waals surface area contributed by atoms with E-state index < -0.39 is 0 Å². The van der Waals surface area contributed by atoms with Crippen LogP contribution < -0.4 is 4.74 Å². The number of hydrogen-bond acceptors (Lipinski definition) is 3. The van der Waals surface area contributed by atoms with Crippen molar-refractivity contribution in [3.8, 4) is 17.0 Å². The Kier molecular flexibility index (Phi) is 2.64. The Morgan fingerprint density at radius 2 is 1.89 bits per heavy atom. The molecule has 90 valence electrons. The third kappa shape index (κ3) is 1.91. The first-order chi connectivity index (χ1) is 8.76. The second kappa shape index (κ2) is 4.31. The highest BCUT2D eigenvalue weighted by molar-refractivity contribution is 6.29. The summed E-state index contributed by atoms with van der Waals surface area (Å²) in [5, 5.41) is 0.439. The molecule has 18 heavy (non-hydrogen) atoms. The number of ether oxygens (including phenoxy) is 1. The lowest BCUT2D eigenvalue weighted by Gasteiger charge is -1.99. The van der Waals surface area contributed by atoms with Gasteiger partial charge in [-0.15, -0.1) is 0 Å². The van der Waals surface area contributed by atoms with Gasteiger partial charge in [-0.3, -0.25) is 4.40 Å². The number of methoxy groups -OCH3 is 1. The third-order valence-electron chi connectivity index (χ3n) is 2.68. The highest BCUT2D eigenvalue weighted by atomic mass is 35.5. The largest absolute Gasteiger partial charge is 0.497 e. The smallest absolute Gasteiger partial charge is 0.235 e. The van der Waals surface area contributed by atoms with Gasteiger partial charge in [-0.25, -0.2) is 9.97 Å². The highest BCUT2D eigenvalue weighted by Crippen LogP contribution is 2.22. The first-order valence-corrected chi connectivity index (χ1v) is 5.80. The van der Waals surface area contributed by atoms with Crippen LogP contribution in [0, 0.1) is 0 Å². The fourth-order valence-corrected chi connectivity index (χ4v) is 1.88. The lowest BCUT2D eigenvalue weighted by atomic mass is 10.2. The number of aromatic nitrogens is 3. The molecule has 0 spiro atoms. The Labute approximate surface area is 109 Å². The summed E-state index contributed by atoms with van der Waals surface area (Å²) in [5.41, 5.74) is 1.87. The minimum absolute atomic E-state index is 0.439. The Bertz CT molecular complexity index is 691. The Balaban J connectivity index is 2.07. The van der Waals surface area contributed by atoms with E-state index in [-0.39, 0.29) is 0 Å². The lowest BCUT2D eigenvalue weighted by molar-refractivity contribution is 0.415. The normalized spacial score (nSPS) is 10.8. The van der Waals surface area contributed by atoms with Crippen molar-refractivity contribution in [3.63, 3.8) is 0 Å². The van der Waals surface area contributed by atoms with E-state index in [2.05, 4.69) is 9.97 Å². The number of benzene rings is 1. The number of nitrogens with zero attached hydrogens (tertiary/aromatic N) is 3. The molecule has 0 bridgehead atoms. The SMILES string of the molecule is COc1ccc(-c2cn3ccc(Cl)nc3n2)cc1. The summed E-state index contributed by atoms with van der Waals surface area (Å²) >= 11 is 5.83. The van der Waals surface area contributed by atoms with Crippen molar-refractivity contribution in [1.82, 2.24) is 14.4 Å². The fraction of sp³-hybridized carbons (Fsp3) is 0.0769. The molecule has 0 amide bonds. The van der Waals surface area contributed by atoms with Gasteiger partial charge in [0.1, 0.15) is 10.9 Å². The molecule has 0 atom stereocenters. The van der Waals surface area contributed by atoms with Crippen LogP contribution in [0.1, 0.15) is 0 Å². The number of imidazole rings is 1. The van der Waals surface area contributed by atoms with Gasteiger partial charge in [-0.2, -0.15) is 0 Å². The van der Waals surface area contributed by atoms with E-state index in [1.165, 1.54) is 0 Å². The number of rotatable bonds is 2. The molecule has 0 aliphatic carbocycles. The summed E-state index contributed by atoms with van der Waals surface area (Å²) in [7, 11) is 1.64. The van der Waals surface area contributed by atoms with Crippen molar-refractivity contribution in [2.45, 2.75) is 0 Å². The van der Waals surface area contributed by atoms with Crippen molar-refractivity contribution in [2.75, 3.05) is 7.11 Å². The standard InChI is InChI=1S/C13H10ClN3O/c1-18-10-4-2-9(3-5-10)11-8-17-7-6-12(14)16-13(17)15-11/h2-8H,1H3. The molecule has 0 saturated heterocycles. The van der Waals surface area contributed by atoms with Crippen LogP contribution in [0.4, 0.5) is 0 Å². The van der Waals surface area contributed by atoms with E-state index in [0.29, 0.717) is 10.9 Å². The van der Waals surface area contributed by atoms with Crippen molar-refractivity contribution in [3.05, 3.63) is 47.9 Å². The maximum atomic E-state index is 5.83. The van der Waals surface area contributed by atoms with Crippen molar-refractivity contribution in [2.24, 2.45) is 0 Å². The van der Waals surface area contributed by atoms with Gasteiger partial charge < -0.3 is 4.74 Å². The Morgan fingerprint density at radius 3 is 2.61 bits per heavy atom. The molecule has 0 aliphatic rings. The van der Waals surface area contributed by atoms with Gasteiger partial charge in [-0.05, 0) is 30.3 Å². The van der Waals surface area contributed by atoms with E-state index in [4.69, 9.17) is 16.3 Å². The van der Waals surface area contributed by atoms with Gasteiger partial charge in [0.2, 0.25) is 5.78 Å². The van der Waals surface area contributed by atoms with E-state index in [0.717, 1.165) is 17.0 Å². The summed E-state index contributed by atoms with van der Waals surface area (Å²) in [6, 6.07) is 9.46. The molecule has 0 unspecified atom stereocenters. The van der Waals surface area contributed by atoms with E-state index in [1.807, 2.05) is 41.1 Å². The van der Waals surface area contributed by atoms with Gasteiger partial charge in [-0.1, -0.05) is 11.6 Å². The quantitative estimate of drug-likeness (QED) is 0.664. The summed E-state index contributed by atoms with van der Waals surface area (Å²) < 4.78 is 6.96. The first kappa shape index (κ1) is 11.0. The molecule has 0 fully saturated rings. The van der Waals surface area contributed by atoms with Crippen LogP contribution in [0.3, 0.4) is 0 Å². The van der Waals surface area contributed by atoms with Gasteiger partial charge in [0.05, 0.1) is 12.8 Å². The van der Waals surface area contributed by atoms with Crippen molar-refractivity contribution in [1.29, 1.82) is 0 Å². The maximum Gasteiger partial charge on any atom is 0.235 e. The molecule has 2 heterocycles. The molecular formula is C13H10ClN3O. The van der Waals surface area contributed by atoms with Gasteiger partial charge >= 0.3 is 0 Å². The van der Waals surface area contributed by atoms with E-state index in [9.17, 15) is 0 Å². The molecule has 0 saturated carbocycles. The second-order valence-corrected chi connectivity index (χ2v) is 4.20. The minimum Gasteiger partial charge on any atom is -0.497 e. The maximum absolute atomic E-state index is 5.83. The zero-order valence-corrected chi connectivity index (χ0v) is 10.4. The predicted molar refractivity (Wildman–Crippen MR) is 70.0 cm³/mol.